The van der Waals surface area contributed by atoms with Crippen LogP contribution in [0.3, 0.4) is 0 Å². The topological polar surface area (TPSA) is 85.3 Å². The smallest absolute Gasteiger partial charge is 0.270 e. The van der Waals surface area contributed by atoms with Gasteiger partial charge in [0.2, 0.25) is 0 Å². The van der Waals surface area contributed by atoms with Crippen molar-refractivity contribution in [1.29, 1.82) is 0 Å². The lowest BCUT2D eigenvalue weighted by Gasteiger charge is -2.12. The molecule has 1 aromatic heterocycles. The van der Waals surface area contributed by atoms with Crippen LogP contribution < -0.4 is 5.73 Å². The van der Waals surface area contributed by atoms with Gasteiger partial charge in [0.1, 0.15) is 5.01 Å². The minimum absolute atomic E-state index is 0. The number of hydrogen-bond donors (Lipinski definition) is 1. The Morgan fingerprint density at radius 2 is 2.26 bits per heavy atom. The Morgan fingerprint density at radius 1 is 1.48 bits per heavy atom. The summed E-state index contributed by atoms with van der Waals surface area (Å²) in [5.74, 6) is 0.509. The molecule has 124 valence electrons. The van der Waals surface area contributed by atoms with Crippen LogP contribution >= 0.6 is 23.7 Å². The van der Waals surface area contributed by atoms with Gasteiger partial charge in [-0.1, -0.05) is 19.1 Å². The molecule has 1 aliphatic heterocycles. The molecule has 1 saturated heterocycles. The largest absolute Gasteiger partial charge is 0.326 e. The second-order valence-corrected chi connectivity index (χ2v) is 6.64. The van der Waals surface area contributed by atoms with Crippen LogP contribution in [0.1, 0.15) is 12.6 Å². The molecule has 0 spiro atoms. The zero-order valence-corrected chi connectivity index (χ0v) is 14.3. The Hall–Kier alpha value is -1.54. The Balaban J connectivity index is 0.00000192. The average molecular weight is 355 g/mol. The van der Waals surface area contributed by atoms with Crippen LogP contribution in [0.4, 0.5) is 5.69 Å². The van der Waals surface area contributed by atoms with E-state index in [4.69, 9.17) is 5.73 Å². The van der Waals surface area contributed by atoms with E-state index in [1.54, 1.807) is 12.1 Å². The third kappa shape index (κ3) is 4.06. The number of rotatable bonds is 4. The van der Waals surface area contributed by atoms with Crippen molar-refractivity contribution in [3.05, 3.63) is 45.5 Å². The van der Waals surface area contributed by atoms with Crippen molar-refractivity contribution in [2.24, 2.45) is 11.7 Å². The highest BCUT2D eigenvalue weighted by Gasteiger charge is 2.26. The van der Waals surface area contributed by atoms with Gasteiger partial charge in [0.25, 0.3) is 5.69 Å². The molecule has 1 fully saturated rings. The number of halogens is 1. The first-order valence-electron chi connectivity index (χ1n) is 7.20. The molecule has 0 amide bonds. The van der Waals surface area contributed by atoms with Crippen molar-refractivity contribution >= 4 is 29.4 Å². The number of thiazole rings is 1. The summed E-state index contributed by atoms with van der Waals surface area (Å²) < 4.78 is 0. The van der Waals surface area contributed by atoms with E-state index in [0.29, 0.717) is 5.92 Å². The number of non-ortho nitro benzene ring substituents is 1. The first-order valence-corrected chi connectivity index (χ1v) is 8.08. The van der Waals surface area contributed by atoms with Gasteiger partial charge in [-0.2, -0.15) is 0 Å². The maximum absolute atomic E-state index is 10.9. The lowest BCUT2D eigenvalue weighted by atomic mass is 10.1. The van der Waals surface area contributed by atoms with E-state index in [1.807, 2.05) is 11.4 Å². The monoisotopic (exact) mass is 354 g/mol. The first kappa shape index (κ1) is 17.8. The summed E-state index contributed by atoms with van der Waals surface area (Å²) in [4.78, 5) is 17.4. The summed E-state index contributed by atoms with van der Waals surface area (Å²) in [5, 5.41) is 13.7. The van der Waals surface area contributed by atoms with Gasteiger partial charge in [-0.3, -0.25) is 15.0 Å². The fraction of sp³-hybridized carbons (Fsp3) is 0.400. The van der Waals surface area contributed by atoms with Crippen molar-refractivity contribution in [3.8, 4) is 10.6 Å². The predicted octanol–water partition coefficient (Wildman–Crippen LogP) is 2.92. The molecule has 2 atom stereocenters. The van der Waals surface area contributed by atoms with Crippen LogP contribution in [0.5, 0.6) is 0 Å². The zero-order chi connectivity index (χ0) is 15.7. The highest BCUT2D eigenvalue weighted by atomic mass is 35.5. The van der Waals surface area contributed by atoms with Gasteiger partial charge in [-0.05, 0) is 5.92 Å². The molecule has 0 aliphatic carbocycles. The maximum Gasteiger partial charge on any atom is 0.270 e. The number of nitrogens with zero attached hydrogens (tertiary/aromatic N) is 3. The van der Waals surface area contributed by atoms with E-state index in [2.05, 4.69) is 16.8 Å². The standard InChI is InChI=1S/C15H18N4O2S.ClH/c1-10-6-18(8-14(10)16)7-12-9-22-15(17-12)11-3-2-4-13(5-11)19(20)21;/h2-5,9-10,14H,6-8,16H2,1H3;1H. The molecule has 2 unspecified atom stereocenters. The van der Waals surface area contributed by atoms with Crippen molar-refractivity contribution in [3.63, 3.8) is 0 Å². The lowest BCUT2D eigenvalue weighted by Crippen LogP contribution is -2.28. The maximum atomic E-state index is 10.9. The fourth-order valence-corrected chi connectivity index (χ4v) is 3.53. The number of nitrogens with two attached hydrogens (primary N) is 1. The van der Waals surface area contributed by atoms with Crippen molar-refractivity contribution in [2.45, 2.75) is 19.5 Å². The van der Waals surface area contributed by atoms with Gasteiger partial charge in [0.15, 0.2) is 0 Å². The average Bonchev–Trinajstić information content (AvgIpc) is 3.07. The molecule has 8 heteroatoms. The van der Waals surface area contributed by atoms with Crippen LogP contribution in [0, 0.1) is 16.0 Å². The fourth-order valence-electron chi connectivity index (χ4n) is 2.72. The van der Waals surface area contributed by atoms with E-state index >= 15 is 0 Å². The van der Waals surface area contributed by atoms with Gasteiger partial charge in [0, 0.05) is 48.8 Å². The van der Waals surface area contributed by atoms with Crippen molar-refractivity contribution < 1.29 is 4.92 Å². The van der Waals surface area contributed by atoms with Gasteiger partial charge < -0.3 is 5.73 Å². The normalized spacial score (nSPS) is 21.1. The van der Waals surface area contributed by atoms with Crippen LogP contribution in [-0.2, 0) is 6.54 Å². The molecule has 0 radical (unpaired) electrons. The molecule has 1 aromatic carbocycles. The van der Waals surface area contributed by atoms with Crippen LogP contribution in [-0.4, -0.2) is 33.9 Å². The van der Waals surface area contributed by atoms with Gasteiger partial charge in [-0.15, -0.1) is 23.7 Å². The summed E-state index contributed by atoms with van der Waals surface area (Å²) in [7, 11) is 0. The Labute approximate surface area is 144 Å². The third-order valence-electron chi connectivity index (χ3n) is 3.99. The first-order chi connectivity index (χ1) is 10.5. The number of hydrogen-bond acceptors (Lipinski definition) is 6. The summed E-state index contributed by atoms with van der Waals surface area (Å²) in [6.45, 7) is 4.83. The summed E-state index contributed by atoms with van der Waals surface area (Å²) >= 11 is 1.52. The molecule has 2 heterocycles. The van der Waals surface area contributed by atoms with Crippen LogP contribution in [0.2, 0.25) is 0 Å². The minimum Gasteiger partial charge on any atom is -0.326 e. The number of benzene rings is 1. The highest BCUT2D eigenvalue weighted by Crippen LogP contribution is 2.27. The minimum atomic E-state index is -0.384. The molecule has 2 aromatic rings. The highest BCUT2D eigenvalue weighted by molar-refractivity contribution is 7.13. The van der Waals surface area contributed by atoms with E-state index in [9.17, 15) is 10.1 Å². The zero-order valence-electron chi connectivity index (χ0n) is 12.7. The third-order valence-corrected chi connectivity index (χ3v) is 4.93. The quantitative estimate of drug-likeness (QED) is 0.674. The second kappa shape index (κ2) is 7.35. The molecule has 1 aliphatic rings. The Bertz CT molecular complexity index is 684. The van der Waals surface area contributed by atoms with Gasteiger partial charge >= 0.3 is 0 Å². The summed E-state index contributed by atoms with van der Waals surface area (Å²) in [6.07, 6.45) is 0. The predicted molar refractivity (Wildman–Crippen MR) is 93.9 cm³/mol. The number of likely N-dealkylation sites (tertiary alicyclic amines) is 1. The summed E-state index contributed by atoms with van der Waals surface area (Å²) in [6, 6.07) is 6.83. The molecule has 2 N–H and O–H groups in total. The van der Waals surface area contributed by atoms with Crippen molar-refractivity contribution in [2.75, 3.05) is 13.1 Å². The summed E-state index contributed by atoms with van der Waals surface area (Å²) in [5.41, 5.74) is 7.91. The Morgan fingerprint density at radius 3 is 2.91 bits per heavy atom. The van der Waals surface area contributed by atoms with Crippen LogP contribution in [0.15, 0.2) is 29.6 Å². The molecule has 3 rings (SSSR count). The van der Waals surface area contributed by atoms with E-state index in [0.717, 1.165) is 35.9 Å². The number of nitro benzene ring substituents is 1. The lowest BCUT2D eigenvalue weighted by molar-refractivity contribution is -0.384. The molecule has 0 saturated carbocycles. The molecular weight excluding hydrogens is 336 g/mol. The molecular formula is C15H19ClN4O2S. The number of nitro groups is 1. The van der Waals surface area contributed by atoms with Gasteiger partial charge in [-0.25, -0.2) is 4.98 Å². The SMILES string of the molecule is CC1CN(Cc2csc(-c3cccc([N+](=O)[O-])c3)n2)CC1N.Cl. The van der Waals surface area contributed by atoms with Crippen LogP contribution in [0.25, 0.3) is 10.6 Å². The second-order valence-electron chi connectivity index (χ2n) is 5.79. The molecule has 23 heavy (non-hydrogen) atoms. The van der Waals surface area contributed by atoms with Crippen molar-refractivity contribution in [1.82, 2.24) is 9.88 Å². The Kier molecular flexibility index (Phi) is 5.69. The van der Waals surface area contributed by atoms with E-state index < -0.39 is 0 Å². The number of aromatic nitrogens is 1. The van der Waals surface area contributed by atoms with Gasteiger partial charge in [0.05, 0.1) is 10.6 Å². The van der Waals surface area contributed by atoms with E-state index in [-0.39, 0.29) is 29.1 Å². The molecule has 6 nitrogen and oxygen atoms in total. The van der Waals surface area contributed by atoms with E-state index in [1.165, 1.54) is 17.4 Å². The molecule has 0 bridgehead atoms.